The van der Waals surface area contributed by atoms with Crippen LogP contribution in [0.2, 0.25) is 0 Å². The number of amides is 1. The van der Waals surface area contributed by atoms with Gasteiger partial charge in [-0.05, 0) is 37.1 Å². The number of anilines is 1. The van der Waals surface area contributed by atoms with Crippen molar-refractivity contribution in [3.63, 3.8) is 0 Å². The SMILES string of the molecule is CC(=O)Cc1cccc(CC(=O)C2C(=O)N(c3ccccc3)N=C2C)c1. The number of ketones is 2. The van der Waals surface area contributed by atoms with Gasteiger partial charge < -0.3 is 0 Å². The van der Waals surface area contributed by atoms with Gasteiger partial charge in [0.1, 0.15) is 11.7 Å². The van der Waals surface area contributed by atoms with Crippen LogP contribution in [-0.4, -0.2) is 23.2 Å². The predicted octanol–water partition coefficient (Wildman–Crippen LogP) is 2.97. The number of hydrogen-bond acceptors (Lipinski definition) is 4. The molecule has 0 radical (unpaired) electrons. The van der Waals surface area contributed by atoms with E-state index in [0.717, 1.165) is 11.1 Å². The van der Waals surface area contributed by atoms with Gasteiger partial charge in [-0.3, -0.25) is 14.4 Å². The Balaban J connectivity index is 1.75. The van der Waals surface area contributed by atoms with Crippen molar-refractivity contribution in [1.82, 2.24) is 0 Å². The smallest absolute Gasteiger partial charge is 0.263 e. The van der Waals surface area contributed by atoms with Crippen molar-refractivity contribution in [3.05, 3.63) is 65.7 Å². The molecule has 2 aromatic rings. The summed E-state index contributed by atoms with van der Waals surface area (Å²) < 4.78 is 0. The lowest BCUT2D eigenvalue weighted by atomic mass is 9.93. The monoisotopic (exact) mass is 348 g/mol. The maximum atomic E-state index is 12.8. The highest BCUT2D eigenvalue weighted by atomic mass is 16.2. The van der Waals surface area contributed by atoms with Crippen molar-refractivity contribution >= 4 is 28.9 Å². The Hall–Kier alpha value is -3.08. The van der Waals surface area contributed by atoms with Gasteiger partial charge in [-0.25, -0.2) is 0 Å². The van der Waals surface area contributed by atoms with Crippen LogP contribution in [0.1, 0.15) is 25.0 Å². The summed E-state index contributed by atoms with van der Waals surface area (Å²) in [6, 6.07) is 16.4. The van der Waals surface area contributed by atoms with Crippen molar-refractivity contribution in [3.8, 4) is 0 Å². The lowest BCUT2D eigenvalue weighted by Crippen LogP contribution is -2.33. The number of carbonyl (C=O) groups excluding carboxylic acids is 3. The Bertz CT molecular complexity index is 887. The fourth-order valence-electron chi connectivity index (χ4n) is 3.13. The Morgan fingerprint density at radius 2 is 1.65 bits per heavy atom. The third-order valence-corrected chi connectivity index (χ3v) is 4.28. The van der Waals surface area contributed by atoms with Crippen LogP contribution >= 0.6 is 0 Å². The molecule has 5 nitrogen and oxygen atoms in total. The second-order valence-corrected chi connectivity index (χ2v) is 6.50. The van der Waals surface area contributed by atoms with Crippen LogP contribution in [0.3, 0.4) is 0 Å². The largest absolute Gasteiger partial charge is 0.300 e. The first-order chi connectivity index (χ1) is 12.5. The number of rotatable bonds is 6. The molecule has 0 aromatic heterocycles. The summed E-state index contributed by atoms with van der Waals surface area (Å²) in [4.78, 5) is 36.7. The van der Waals surface area contributed by atoms with E-state index >= 15 is 0 Å². The van der Waals surface area contributed by atoms with Gasteiger partial charge >= 0.3 is 0 Å². The second-order valence-electron chi connectivity index (χ2n) is 6.50. The summed E-state index contributed by atoms with van der Waals surface area (Å²) in [5.41, 5.74) is 2.82. The highest BCUT2D eigenvalue weighted by Crippen LogP contribution is 2.25. The quantitative estimate of drug-likeness (QED) is 0.754. The van der Waals surface area contributed by atoms with Gasteiger partial charge in [0.25, 0.3) is 5.91 Å². The number of Topliss-reactive ketones (excluding diaryl/α,β-unsaturated/α-hetero) is 2. The van der Waals surface area contributed by atoms with E-state index in [0.29, 0.717) is 17.8 Å². The van der Waals surface area contributed by atoms with Crippen LogP contribution < -0.4 is 5.01 Å². The van der Waals surface area contributed by atoms with Crippen LogP contribution in [-0.2, 0) is 27.2 Å². The molecule has 0 spiro atoms. The van der Waals surface area contributed by atoms with Gasteiger partial charge in [0.2, 0.25) is 0 Å². The Morgan fingerprint density at radius 1 is 1.00 bits per heavy atom. The predicted molar refractivity (Wildman–Crippen MR) is 100 cm³/mol. The lowest BCUT2D eigenvalue weighted by molar-refractivity contribution is -0.128. The standard InChI is InChI=1S/C21H20N2O3/c1-14(24)11-16-7-6-8-17(12-16)13-19(25)20-15(2)22-23(21(20)26)18-9-4-3-5-10-18/h3-10,12,20H,11,13H2,1-2H3. The molecule has 26 heavy (non-hydrogen) atoms. The highest BCUT2D eigenvalue weighted by molar-refractivity contribution is 6.27. The molecule has 3 rings (SSSR count). The number of hydrazone groups is 1. The van der Waals surface area contributed by atoms with E-state index in [4.69, 9.17) is 0 Å². The summed E-state index contributed by atoms with van der Waals surface area (Å²) in [7, 11) is 0. The molecule has 5 heteroatoms. The zero-order valence-corrected chi connectivity index (χ0v) is 14.8. The van der Waals surface area contributed by atoms with Gasteiger partial charge in [-0.1, -0.05) is 42.5 Å². The van der Waals surface area contributed by atoms with E-state index < -0.39 is 5.92 Å². The molecule has 0 aliphatic carbocycles. The second kappa shape index (κ2) is 7.44. The van der Waals surface area contributed by atoms with Crippen molar-refractivity contribution in [2.75, 3.05) is 5.01 Å². The first-order valence-electron chi connectivity index (χ1n) is 8.50. The third kappa shape index (κ3) is 3.77. The van der Waals surface area contributed by atoms with Gasteiger partial charge in [-0.2, -0.15) is 10.1 Å². The molecule has 1 amide bonds. The van der Waals surface area contributed by atoms with Crippen molar-refractivity contribution in [2.24, 2.45) is 11.0 Å². The van der Waals surface area contributed by atoms with E-state index in [-0.39, 0.29) is 23.9 Å². The molecule has 1 heterocycles. The Morgan fingerprint density at radius 3 is 2.31 bits per heavy atom. The first kappa shape index (κ1) is 17.7. The Labute approximate surface area is 152 Å². The minimum Gasteiger partial charge on any atom is -0.300 e. The minimum absolute atomic E-state index is 0.0703. The van der Waals surface area contributed by atoms with Crippen LogP contribution in [0, 0.1) is 5.92 Å². The summed E-state index contributed by atoms with van der Waals surface area (Å²) in [6.45, 7) is 3.24. The van der Waals surface area contributed by atoms with Gasteiger partial charge in [0.15, 0.2) is 5.78 Å². The van der Waals surface area contributed by atoms with Crippen LogP contribution in [0.15, 0.2) is 59.7 Å². The molecule has 0 N–H and O–H groups in total. The van der Waals surface area contributed by atoms with Crippen LogP contribution in [0.4, 0.5) is 5.69 Å². The van der Waals surface area contributed by atoms with E-state index in [9.17, 15) is 14.4 Å². The molecular formula is C21H20N2O3. The molecule has 1 aliphatic rings. The Kier molecular flexibility index (Phi) is 5.07. The van der Waals surface area contributed by atoms with Crippen molar-refractivity contribution in [2.45, 2.75) is 26.7 Å². The highest BCUT2D eigenvalue weighted by Gasteiger charge is 2.39. The molecule has 0 fully saturated rings. The van der Waals surface area contributed by atoms with E-state index in [1.165, 1.54) is 11.9 Å². The molecule has 0 bridgehead atoms. The maximum Gasteiger partial charge on any atom is 0.263 e. The number of para-hydroxylation sites is 1. The average Bonchev–Trinajstić information content (AvgIpc) is 2.90. The maximum absolute atomic E-state index is 12.8. The zero-order chi connectivity index (χ0) is 18.7. The van der Waals surface area contributed by atoms with Crippen LogP contribution in [0.5, 0.6) is 0 Å². The zero-order valence-electron chi connectivity index (χ0n) is 14.8. The summed E-state index contributed by atoms with van der Waals surface area (Å²) in [5, 5.41) is 5.57. The molecule has 0 saturated heterocycles. The third-order valence-electron chi connectivity index (χ3n) is 4.28. The van der Waals surface area contributed by atoms with Crippen molar-refractivity contribution in [1.29, 1.82) is 0 Å². The van der Waals surface area contributed by atoms with E-state index in [1.807, 2.05) is 42.5 Å². The van der Waals surface area contributed by atoms with Gasteiger partial charge in [-0.15, -0.1) is 0 Å². The summed E-state index contributed by atoms with van der Waals surface area (Å²) >= 11 is 0. The topological polar surface area (TPSA) is 66.8 Å². The van der Waals surface area contributed by atoms with E-state index in [2.05, 4.69) is 5.10 Å². The lowest BCUT2D eigenvalue weighted by Gasteiger charge is -2.14. The molecule has 1 aliphatic heterocycles. The molecule has 0 saturated carbocycles. The average molecular weight is 348 g/mol. The van der Waals surface area contributed by atoms with E-state index in [1.54, 1.807) is 19.1 Å². The summed E-state index contributed by atoms with van der Waals surface area (Å²) in [6.07, 6.45) is 0.476. The number of hydrogen-bond donors (Lipinski definition) is 0. The number of benzene rings is 2. The number of nitrogens with zero attached hydrogens (tertiary/aromatic N) is 2. The summed E-state index contributed by atoms with van der Waals surface area (Å²) in [5.74, 6) is -1.29. The fourth-order valence-corrected chi connectivity index (χ4v) is 3.13. The van der Waals surface area contributed by atoms with Crippen LogP contribution in [0.25, 0.3) is 0 Å². The molecule has 2 aromatic carbocycles. The molecular weight excluding hydrogens is 328 g/mol. The normalized spacial score (nSPS) is 16.5. The van der Waals surface area contributed by atoms with Crippen molar-refractivity contribution < 1.29 is 14.4 Å². The van der Waals surface area contributed by atoms with Gasteiger partial charge in [0, 0.05) is 12.8 Å². The minimum atomic E-state index is -0.855. The molecule has 132 valence electrons. The first-order valence-corrected chi connectivity index (χ1v) is 8.50. The molecule has 1 atom stereocenters. The molecule has 1 unspecified atom stereocenters. The van der Waals surface area contributed by atoms with Gasteiger partial charge in [0.05, 0.1) is 11.4 Å². The fraction of sp³-hybridized carbons (Fsp3) is 0.238. The number of carbonyl (C=O) groups is 3.